The number of carbonyl (C=O) groups excluding carboxylic acids is 1. The second-order valence-electron chi connectivity index (χ2n) is 7.91. The summed E-state index contributed by atoms with van der Waals surface area (Å²) in [4.78, 5) is 17.9. The normalized spacial score (nSPS) is 22.5. The van der Waals surface area contributed by atoms with Gasteiger partial charge in [-0.3, -0.25) is 9.63 Å². The van der Waals surface area contributed by atoms with Gasteiger partial charge < -0.3 is 5.32 Å². The van der Waals surface area contributed by atoms with Crippen LogP contribution in [-0.2, 0) is 16.1 Å². The van der Waals surface area contributed by atoms with Gasteiger partial charge in [-0.25, -0.2) is 0 Å². The van der Waals surface area contributed by atoms with E-state index in [1.165, 1.54) is 5.56 Å². The number of hydroxylamine groups is 2. The summed E-state index contributed by atoms with van der Waals surface area (Å²) < 4.78 is 0. The Hall–Kier alpha value is -1.39. The van der Waals surface area contributed by atoms with Crippen LogP contribution >= 0.6 is 0 Å². The number of rotatable bonds is 7. The lowest BCUT2D eigenvalue weighted by Crippen LogP contribution is -2.65. The molecule has 1 saturated heterocycles. The molecule has 1 fully saturated rings. The first-order valence-corrected chi connectivity index (χ1v) is 9.57. The smallest absolute Gasteiger partial charge is 0.217 e. The van der Waals surface area contributed by atoms with Crippen molar-refractivity contribution in [3.63, 3.8) is 0 Å². The van der Waals surface area contributed by atoms with Gasteiger partial charge in [0.15, 0.2) is 0 Å². The van der Waals surface area contributed by atoms with Gasteiger partial charge in [0.25, 0.3) is 0 Å². The number of nitrogens with zero attached hydrogens (tertiary/aromatic N) is 1. The van der Waals surface area contributed by atoms with Crippen molar-refractivity contribution in [3.8, 4) is 0 Å². The average Bonchev–Trinajstić information content (AvgIpc) is 2.56. The van der Waals surface area contributed by atoms with Gasteiger partial charge in [-0.15, -0.1) is 0 Å². The molecular weight excluding hydrogens is 312 g/mol. The van der Waals surface area contributed by atoms with Gasteiger partial charge in [0.05, 0.1) is 6.61 Å². The number of benzene rings is 1. The Balaban J connectivity index is 2.11. The maximum Gasteiger partial charge on any atom is 0.217 e. The molecule has 0 bridgehead atoms. The van der Waals surface area contributed by atoms with Crippen molar-refractivity contribution in [2.45, 2.75) is 83.8 Å². The van der Waals surface area contributed by atoms with Crippen LogP contribution in [0.25, 0.3) is 0 Å². The summed E-state index contributed by atoms with van der Waals surface area (Å²) in [5.41, 5.74) is 1.15. The molecule has 4 heteroatoms. The molecule has 1 aromatic carbocycles. The third kappa shape index (κ3) is 4.83. The van der Waals surface area contributed by atoms with Gasteiger partial charge in [0.1, 0.15) is 0 Å². The highest BCUT2D eigenvalue weighted by molar-refractivity contribution is 5.73. The molecule has 25 heavy (non-hydrogen) atoms. The second-order valence-corrected chi connectivity index (χ2v) is 7.91. The number of amides is 1. The molecule has 1 N–H and O–H groups in total. The molecule has 0 aromatic heterocycles. The quantitative estimate of drug-likeness (QED) is 0.808. The minimum Gasteiger partial charge on any atom is -0.353 e. The molecule has 1 heterocycles. The molecular formula is C21H34N2O2. The van der Waals surface area contributed by atoms with E-state index in [4.69, 9.17) is 4.84 Å². The monoisotopic (exact) mass is 346 g/mol. The van der Waals surface area contributed by atoms with Crippen molar-refractivity contribution in [2.75, 3.05) is 6.61 Å². The standard InChI is InChI=1S/C21H34N2O2/c1-6-21(7-2)16-19(22-17(3)24)15-20(4,5)23(21)25-14-13-18-11-9-8-10-12-18/h8-12,19H,6-7,13-16H2,1-5H3,(H,22,24). The van der Waals surface area contributed by atoms with Crippen molar-refractivity contribution in [1.29, 1.82) is 0 Å². The van der Waals surface area contributed by atoms with Gasteiger partial charge >= 0.3 is 0 Å². The fraction of sp³-hybridized carbons (Fsp3) is 0.667. The first kappa shape index (κ1) is 19.9. The first-order chi connectivity index (χ1) is 11.8. The molecule has 0 saturated carbocycles. The zero-order chi connectivity index (χ0) is 18.5. The zero-order valence-electron chi connectivity index (χ0n) is 16.5. The van der Waals surface area contributed by atoms with Crippen LogP contribution in [0.15, 0.2) is 30.3 Å². The molecule has 1 aromatic rings. The predicted molar refractivity (Wildman–Crippen MR) is 102 cm³/mol. The summed E-state index contributed by atoms with van der Waals surface area (Å²) >= 11 is 0. The molecule has 1 unspecified atom stereocenters. The zero-order valence-corrected chi connectivity index (χ0v) is 16.5. The summed E-state index contributed by atoms with van der Waals surface area (Å²) in [6, 6.07) is 10.7. The molecule has 0 spiro atoms. The van der Waals surface area contributed by atoms with Crippen LogP contribution < -0.4 is 5.32 Å². The third-order valence-corrected chi connectivity index (χ3v) is 5.53. The number of hydrogen-bond acceptors (Lipinski definition) is 3. The van der Waals surface area contributed by atoms with E-state index in [0.29, 0.717) is 6.61 Å². The van der Waals surface area contributed by atoms with E-state index in [-0.39, 0.29) is 23.0 Å². The van der Waals surface area contributed by atoms with Gasteiger partial charge in [-0.05, 0) is 51.5 Å². The van der Waals surface area contributed by atoms with E-state index in [9.17, 15) is 4.79 Å². The maximum atomic E-state index is 11.6. The Kier molecular flexibility index (Phi) is 6.64. The Morgan fingerprint density at radius 1 is 1.20 bits per heavy atom. The molecule has 1 aliphatic rings. The van der Waals surface area contributed by atoms with E-state index < -0.39 is 0 Å². The minimum atomic E-state index is -0.117. The van der Waals surface area contributed by atoms with Crippen LogP contribution in [0.4, 0.5) is 0 Å². The molecule has 1 amide bonds. The summed E-state index contributed by atoms with van der Waals surface area (Å²) in [6.07, 6.45) is 4.77. The number of nitrogens with one attached hydrogen (secondary N) is 1. The van der Waals surface area contributed by atoms with E-state index in [2.05, 4.69) is 62.3 Å². The van der Waals surface area contributed by atoms with Gasteiger partial charge in [-0.2, -0.15) is 5.06 Å². The summed E-state index contributed by atoms with van der Waals surface area (Å²) in [5, 5.41) is 5.39. The van der Waals surface area contributed by atoms with E-state index in [1.807, 2.05) is 6.07 Å². The van der Waals surface area contributed by atoms with Crippen molar-refractivity contribution in [3.05, 3.63) is 35.9 Å². The van der Waals surface area contributed by atoms with E-state index >= 15 is 0 Å². The topological polar surface area (TPSA) is 41.6 Å². The van der Waals surface area contributed by atoms with Crippen molar-refractivity contribution in [2.24, 2.45) is 0 Å². The molecule has 1 atom stereocenters. The highest BCUT2D eigenvalue weighted by atomic mass is 16.7. The summed E-state index contributed by atoms with van der Waals surface area (Å²) in [7, 11) is 0. The van der Waals surface area contributed by atoms with Crippen LogP contribution in [0.2, 0.25) is 0 Å². The molecule has 4 nitrogen and oxygen atoms in total. The van der Waals surface area contributed by atoms with E-state index in [0.717, 1.165) is 32.1 Å². The SMILES string of the molecule is CCC1(CC)CC(NC(C)=O)CC(C)(C)N1OCCc1ccccc1. The molecule has 140 valence electrons. The lowest BCUT2D eigenvalue weighted by atomic mass is 9.74. The van der Waals surface area contributed by atoms with Crippen LogP contribution in [0.5, 0.6) is 0 Å². The Morgan fingerprint density at radius 2 is 1.84 bits per heavy atom. The van der Waals surface area contributed by atoms with Crippen LogP contribution in [0.1, 0.15) is 65.9 Å². The van der Waals surface area contributed by atoms with Crippen molar-refractivity contribution in [1.82, 2.24) is 10.4 Å². The highest BCUT2D eigenvalue weighted by Gasteiger charge is 2.49. The fourth-order valence-electron chi connectivity index (χ4n) is 4.37. The summed E-state index contributed by atoms with van der Waals surface area (Å²) in [5.74, 6) is 0.0559. The second kappa shape index (κ2) is 8.33. The highest BCUT2D eigenvalue weighted by Crippen LogP contribution is 2.42. The van der Waals surface area contributed by atoms with E-state index in [1.54, 1.807) is 6.92 Å². The number of piperidine rings is 1. The molecule has 2 rings (SSSR count). The van der Waals surface area contributed by atoms with Crippen LogP contribution in [0, 0.1) is 0 Å². The lowest BCUT2D eigenvalue weighted by Gasteiger charge is -2.56. The largest absolute Gasteiger partial charge is 0.353 e. The molecule has 0 radical (unpaired) electrons. The fourth-order valence-corrected chi connectivity index (χ4v) is 4.37. The molecule has 1 aliphatic heterocycles. The van der Waals surface area contributed by atoms with Crippen LogP contribution in [-0.4, -0.2) is 34.7 Å². The van der Waals surface area contributed by atoms with Gasteiger partial charge in [0.2, 0.25) is 5.91 Å². The van der Waals surface area contributed by atoms with Gasteiger partial charge in [-0.1, -0.05) is 44.2 Å². The first-order valence-electron chi connectivity index (χ1n) is 9.57. The van der Waals surface area contributed by atoms with Gasteiger partial charge in [0, 0.05) is 24.0 Å². The maximum absolute atomic E-state index is 11.6. The number of carbonyl (C=O) groups is 1. The Labute approximate surface area is 152 Å². The predicted octanol–water partition coefficient (Wildman–Crippen LogP) is 4.10. The molecule has 0 aliphatic carbocycles. The third-order valence-electron chi connectivity index (χ3n) is 5.53. The van der Waals surface area contributed by atoms with Crippen molar-refractivity contribution >= 4 is 5.91 Å². The van der Waals surface area contributed by atoms with Crippen LogP contribution in [0.3, 0.4) is 0 Å². The van der Waals surface area contributed by atoms with Crippen molar-refractivity contribution < 1.29 is 9.63 Å². The minimum absolute atomic E-state index is 0.0362. The summed E-state index contributed by atoms with van der Waals surface area (Å²) in [6.45, 7) is 11.2. The lowest BCUT2D eigenvalue weighted by molar-refractivity contribution is -0.293. The number of hydrogen-bond donors (Lipinski definition) is 1. The average molecular weight is 347 g/mol. The Bertz CT molecular complexity index is 552. The Morgan fingerprint density at radius 3 is 2.40 bits per heavy atom.